The number of hydrogen-bond acceptors (Lipinski definition) is 5. The van der Waals surface area contributed by atoms with Gasteiger partial charge in [0.25, 0.3) is 11.6 Å². The highest BCUT2D eigenvalue weighted by atomic mass is 32.1. The van der Waals surface area contributed by atoms with Gasteiger partial charge in [-0.25, -0.2) is 5.43 Å². The van der Waals surface area contributed by atoms with Gasteiger partial charge in [0, 0.05) is 22.6 Å². The summed E-state index contributed by atoms with van der Waals surface area (Å²) in [7, 11) is 0. The number of rotatable bonds is 4. The van der Waals surface area contributed by atoms with Crippen LogP contribution in [0.2, 0.25) is 0 Å². The predicted molar refractivity (Wildman–Crippen MR) is 81.8 cm³/mol. The van der Waals surface area contributed by atoms with Crippen molar-refractivity contribution in [2.24, 2.45) is 5.10 Å². The Morgan fingerprint density at radius 3 is 2.43 bits per heavy atom. The summed E-state index contributed by atoms with van der Waals surface area (Å²) in [4.78, 5) is 24.1. The number of nitro groups is 1. The molecule has 7 heteroatoms. The van der Waals surface area contributed by atoms with Crippen molar-refractivity contribution in [3.05, 3.63) is 61.8 Å². The second kappa shape index (κ2) is 6.27. The molecule has 0 saturated heterocycles. The van der Waals surface area contributed by atoms with Gasteiger partial charge in [-0.3, -0.25) is 14.9 Å². The number of nitrogens with zero attached hydrogens (tertiary/aromatic N) is 2. The van der Waals surface area contributed by atoms with Gasteiger partial charge in [-0.05, 0) is 38.1 Å². The van der Waals surface area contributed by atoms with E-state index in [0.29, 0.717) is 11.3 Å². The van der Waals surface area contributed by atoms with Crippen LogP contribution < -0.4 is 5.43 Å². The van der Waals surface area contributed by atoms with Crippen LogP contribution in [-0.4, -0.2) is 16.5 Å². The van der Waals surface area contributed by atoms with E-state index in [2.05, 4.69) is 10.5 Å². The lowest BCUT2D eigenvalue weighted by molar-refractivity contribution is -0.384. The van der Waals surface area contributed by atoms with Crippen LogP contribution >= 0.6 is 11.3 Å². The Balaban J connectivity index is 2.06. The predicted octanol–water partition coefficient (Wildman–Crippen LogP) is 3.12. The molecule has 0 fully saturated rings. The van der Waals surface area contributed by atoms with Crippen LogP contribution in [0.3, 0.4) is 0 Å². The fourth-order valence-corrected chi connectivity index (χ4v) is 2.43. The van der Waals surface area contributed by atoms with E-state index in [1.807, 2.05) is 19.1 Å². The van der Waals surface area contributed by atoms with E-state index in [4.69, 9.17) is 0 Å². The Morgan fingerprint density at radius 1 is 1.24 bits per heavy atom. The summed E-state index contributed by atoms with van der Waals surface area (Å²) in [6.07, 6.45) is 0. The quantitative estimate of drug-likeness (QED) is 0.535. The van der Waals surface area contributed by atoms with Gasteiger partial charge in [-0.2, -0.15) is 5.10 Å². The van der Waals surface area contributed by atoms with Crippen molar-refractivity contribution >= 4 is 28.6 Å². The number of nitro benzene ring substituents is 1. The van der Waals surface area contributed by atoms with Crippen molar-refractivity contribution in [3.63, 3.8) is 0 Å². The summed E-state index contributed by atoms with van der Waals surface area (Å²) in [5.41, 5.74) is 3.42. The van der Waals surface area contributed by atoms with E-state index in [1.54, 1.807) is 18.3 Å². The van der Waals surface area contributed by atoms with E-state index in [1.165, 1.54) is 29.1 Å². The minimum Gasteiger partial charge on any atom is -0.267 e. The van der Waals surface area contributed by atoms with Gasteiger partial charge >= 0.3 is 0 Å². The molecule has 0 aliphatic carbocycles. The maximum Gasteiger partial charge on any atom is 0.271 e. The normalized spacial score (nSPS) is 11.2. The zero-order chi connectivity index (χ0) is 15.4. The number of hydrazone groups is 1. The lowest BCUT2D eigenvalue weighted by Crippen LogP contribution is -2.19. The van der Waals surface area contributed by atoms with Crippen LogP contribution in [0.5, 0.6) is 0 Å². The largest absolute Gasteiger partial charge is 0.271 e. The molecule has 21 heavy (non-hydrogen) atoms. The lowest BCUT2D eigenvalue weighted by Gasteiger charge is -2.01. The first-order chi connectivity index (χ1) is 9.97. The van der Waals surface area contributed by atoms with E-state index in [-0.39, 0.29) is 5.69 Å². The molecular weight excluding hydrogens is 290 g/mol. The Labute approximate surface area is 125 Å². The number of hydrogen-bond donors (Lipinski definition) is 1. The first-order valence-corrected chi connectivity index (χ1v) is 6.95. The van der Waals surface area contributed by atoms with Gasteiger partial charge in [0.05, 0.1) is 15.5 Å². The van der Waals surface area contributed by atoms with Gasteiger partial charge in [0.15, 0.2) is 0 Å². The third kappa shape index (κ3) is 3.73. The molecule has 0 bridgehead atoms. The number of thiophene rings is 1. The number of amides is 1. The Bertz CT molecular complexity index is 705. The van der Waals surface area contributed by atoms with Crippen molar-refractivity contribution in [1.82, 2.24) is 5.43 Å². The van der Waals surface area contributed by atoms with Gasteiger partial charge in [0.1, 0.15) is 0 Å². The van der Waals surface area contributed by atoms with E-state index in [9.17, 15) is 14.9 Å². The lowest BCUT2D eigenvalue weighted by atomic mass is 10.2. The SMILES string of the molecule is CC(=NNC(=O)c1ccc([N+](=O)[O-])cc1)c1ccc(C)s1. The maximum atomic E-state index is 11.9. The van der Waals surface area contributed by atoms with Crippen LogP contribution in [0.4, 0.5) is 5.69 Å². The molecular formula is C14H13N3O3S. The summed E-state index contributed by atoms with van der Waals surface area (Å²) < 4.78 is 0. The average molecular weight is 303 g/mol. The number of nitrogens with one attached hydrogen (secondary N) is 1. The molecule has 1 aromatic carbocycles. The number of carbonyl (C=O) groups is 1. The van der Waals surface area contributed by atoms with Crippen molar-refractivity contribution in [2.75, 3.05) is 0 Å². The van der Waals surface area contributed by atoms with Crippen molar-refractivity contribution in [2.45, 2.75) is 13.8 Å². The molecule has 1 amide bonds. The molecule has 6 nitrogen and oxygen atoms in total. The van der Waals surface area contributed by atoms with E-state index in [0.717, 1.165) is 4.88 Å². The molecule has 1 aromatic heterocycles. The summed E-state index contributed by atoms with van der Waals surface area (Å²) in [6.45, 7) is 3.80. The van der Waals surface area contributed by atoms with Gasteiger partial charge in [-0.15, -0.1) is 11.3 Å². The molecule has 2 aromatic rings. The minimum atomic E-state index is -0.511. The third-order valence-electron chi connectivity index (χ3n) is 2.76. The van der Waals surface area contributed by atoms with Gasteiger partial charge in [-0.1, -0.05) is 0 Å². The fourth-order valence-electron chi connectivity index (χ4n) is 1.62. The first-order valence-electron chi connectivity index (χ1n) is 6.13. The minimum absolute atomic E-state index is 0.0553. The number of benzene rings is 1. The summed E-state index contributed by atoms with van der Waals surface area (Å²) in [5, 5.41) is 14.6. The standard InChI is InChI=1S/C14H13N3O3S/c1-9-3-8-13(21-9)10(2)15-16-14(18)11-4-6-12(7-5-11)17(19)20/h3-8H,1-2H3,(H,16,18). The Morgan fingerprint density at radius 2 is 1.90 bits per heavy atom. The van der Waals surface area contributed by atoms with E-state index < -0.39 is 10.8 Å². The first kappa shape index (κ1) is 14.9. The molecule has 0 atom stereocenters. The smallest absolute Gasteiger partial charge is 0.267 e. The van der Waals surface area contributed by atoms with Crippen LogP contribution in [0, 0.1) is 17.0 Å². The second-order valence-electron chi connectivity index (χ2n) is 4.35. The zero-order valence-corrected chi connectivity index (χ0v) is 12.3. The molecule has 0 saturated carbocycles. The molecule has 1 N–H and O–H groups in total. The maximum absolute atomic E-state index is 11.9. The Kier molecular flexibility index (Phi) is 4.44. The molecule has 1 heterocycles. The van der Waals surface area contributed by atoms with Crippen LogP contribution in [0.15, 0.2) is 41.5 Å². The highest BCUT2D eigenvalue weighted by Gasteiger charge is 2.09. The van der Waals surface area contributed by atoms with Gasteiger partial charge < -0.3 is 0 Å². The summed E-state index contributed by atoms with van der Waals surface area (Å²) in [5.74, 6) is -0.405. The van der Waals surface area contributed by atoms with E-state index >= 15 is 0 Å². The van der Waals surface area contributed by atoms with Crippen molar-refractivity contribution in [3.8, 4) is 0 Å². The molecule has 0 spiro atoms. The van der Waals surface area contributed by atoms with Crippen LogP contribution in [-0.2, 0) is 0 Å². The zero-order valence-electron chi connectivity index (χ0n) is 11.5. The molecule has 0 aliphatic heterocycles. The van der Waals surface area contributed by atoms with Crippen LogP contribution in [0.25, 0.3) is 0 Å². The third-order valence-corrected chi connectivity index (χ3v) is 3.87. The van der Waals surface area contributed by atoms with Crippen LogP contribution in [0.1, 0.15) is 27.0 Å². The number of aryl methyl sites for hydroxylation is 1. The van der Waals surface area contributed by atoms with Gasteiger partial charge in [0.2, 0.25) is 0 Å². The second-order valence-corrected chi connectivity index (χ2v) is 5.64. The summed E-state index contributed by atoms with van der Waals surface area (Å²) in [6, 6.07) is 9.29. The monoisotopic (exact) mass is 303 g/mol. The molecule has 108 valence electrons. The summed E-state index contributed by atoms with van der Waals surface area (Å²) >= 11 is 1.59. The highest BCUT2D eigenvalue weighted by molar-refractivity contribution is 7.14. The number of non-ortho nitro benzene ring substituents is 1. The number of carbonyl (C=O) groups excluding carboxylic acids is 1. The fraction of sp³-hybridized carbons (Fsp3) is 0.143. The van der Waals surface area contributed by atoms with Crippen molar-refractivity contribution < 1.29 is 9.72 Å². The molecule has 0 unspecified atom stereocenters. The average Bonchev–Trinajstić information content (AvgIpc) is 2.91. The van der Waals surface area contributed by atoms with Crippen molar-refractivity contribution in [1.29, 1.82) is 0 Å². The molecule has 0 aliphatic rings. The molecule has 2 rings (SSSR count). The highest BCUT2D eigenvalue weighted by Crippen LogP contribution is 2.16. The molecule has 0 radical (unpaired) electrons. The topological polar surface area (TPSA) is 84.6 Å². The Hall–Kier alpha value is -2.54.